The van der Waals surface area contributed by atoms with Crippen molar-refractivity contribution < 1.29 is 14.3 Å². The first-order valence-corrected chi connectivity index (χ1v) is 5.55. The summed E-state index contributed by atoms with van der Waals surface area (Å²) in [6, 6.07) is 7.06. The van der Waals surface area contributed by atoms with Crippen LogP contribution in [0, 0.1) is 0 Å². The van der Waals surface area contributed by atoms with Crippen LogP contribution in [0.3, 0.4) is 0 Å². The van der Waals surface area contributed by atoms with E-state index >= 15 is 0 Å². The first kappa shape index (κ1) is 13.3. The van der Waals surface area contributed by atoms with Gasteiger partial charge in [0.15, 0.2) is 5.84 Å². The van der Waals surface area contributed by atoms with Gasteiger partial charge in [0.25, 0.3) is 0 Å². The third kappa shape index (κ3) is 4.30. The third-order valence-electron chi connectivity index (χ3n) is 2.31. The fraction of sp³-hybridized carbons (Fsp3) is 0.417. The third-order valence-corrected chi connectivity index (χ3v) is 2.31. The van der Waals surface area contributed by atoms with Crippen molar-refractivity contribution in [2.45, 2.75) is 19.3 Å². The zero-order chi connectivity index (χ0) is 12.5. The van der Waals surface area contributed by atoms with Crippen molar-refractivity contribution in [1.29, 1.82) is 0 Å². The van der Waals surface area contributed by atoms with Crippen LogP contribution in [0.5, 0.6) is 5.75 Å². The Hall–Kier alpha value is -1.78. The Morgan fingerprint density at radius 3 is 2.76 bits per heavy atom. The zero-order valence-corrected chi connectivity index (χ0v) is 9.60. The normalized spacial score (nSPS) is 11.5. The van der Waals surface area contributed by atoms with Crippen molar-refractivity contribution in [1.82, 2.24) is 0 Å². The summed E-state index contributed by atoms with van der Waals surface area (Å²) in [4.78, 5) is 0. The van der Waals surface area contributed by atoms with Crippen LogP contribution in [0.25, 0.3) is 0 Å². The molecule has 0 heterocycles. The number of alkyl halides is 1. The molecule has 0 spiro atoms. The van der Waals surface area contributed by atoms with Gasteiger partial charge in [0, 0.05) is 0 Å². The van der Waals surface area contributed by atoms with E-state index in [1.165, 1.54) is 0 Å². The molecule has 0 saturated carbocycles. The van der Waals surface area contributed by atoms with Crippen molar-refractivity contribution in [3.05, 3.63) is 29.8 Å². The summed E-state index contributed by atoms with van der Waals surface area (Å²) in [7, 11) is 0. The lowest BCUT2D eigenvalue weighted by molar-refractivity contribution is 0.299. The molecule has 0 bridgehead atoms. The summed E-state index contributed by atoms with van der Waals surface area (Å²) in [5.74, 6) is 0.590. The lowest BCUT2D eigenvalue weighted by Crippen LogP contribution is -2.15. The summed E-state index contributed by atoms with van der Waals surface area (Å²) >= 11 is 0. The minimum atomic E-state index is -0.291. The van der Waals surface area contributed by atoms with E-state index in [1.807, 2.05) is 6.07 Å². The summed E-state index contributed by atoms with van der Waals surface area (Å²) in [6.45, 7) is 0.205. The summed E-state index contributed by atoms with van der Waals surface area (Å²) in [6.07, 6.45) is 2.14. The highest BCUT2D eigenvalue weighted by Gasteiger charge is 2.06. The molecule has 0 atom stereocenters. The highest BCUT2D eigenvalue weighted by molar-refractivity contribution is 5.99. The number of oxime groups is 1. The molecule has 0 radical (unpaired) electrons. The average molecular weight is 240 g/mol. The van der Waals surface area contributed by atoms with Gasteiger partial charge in [-0.05, 0) is 31.4 Å². The van der Waals surface area contributed by atoms with Gasteiger partial charge in [-0.1, -0.05) is 17.3 Å². The maximum atomic E-state index is 11.9. The number of para-hydroxylation sites is 1. The lowest BCUT2D eigenvalue weighted by Gasteiger charge is -2.09. The number of ether oxygens (including phenoxy) is 1. The topological polar surface area (TPSA) is 67.8 Å². The first-order valence-electron chi connectivity index (χ1n) is 5.55. The second kappa shape index (κ2) is 7.49. The highest BCUT2D eigenvalue weighted by atomic mass is 19.1. The number of hydrogen-bond donors (Lipinski definition) is 2. The second-order valence-electron chi connectivity index (χ2n) is 3.58. The molecule has 0 unspecified atom stereocenters. The number of amidine groups is 1. The molecule has 94 valence electrons. The Kier molecular flexibility index (Phi) is 5.85. The molecule has 0 aromatic heterocycles. The van der Waals surface area contributed by atoms with Crippen LogP contribution in [-0.4, -0.2) is 24.3 Å². The Morgan fingerprint density at radius 2 is 2.06 bits per heavy atom. The number of halogens is 1. The number of hydrogen-bond acceptors (Lipinski definition) is 3. The van der Waals surface area contributed by atoms with Crippen molar-refractivity contribution in [3.63, 3.8) is 0 Å². The van der Waals surface area contributed by atoms with E-state index < -0.39 is 0 Å². The van der Waals surface area contributed by atoms with Gasteiger partial charge in [-0.15, -0.1) is 0 Å². The molecular weight excluding hydrogens is 223 g/mol. The maximum Gasteiger partial charge on any atom is 0.173 e. The van der Waals surface area contributed by atoms with E-state index in [4.69, 9.17) is 15.7 Å². The monoisotopic (exact) mass is 240 g/mol. The predicted molar refractivity (Wildman–Crippen MR) is 64.3 cm³/mol. The Labute approximate surface area is 99.9 Å². The molecule has 1 aromatic carbocycles. The molecule has 0 aliphatic heterocycles. The van der Waals surface area contributed by atoms with Gasteiger partial charge in [-0.25, -0.2) is 0 Å². The van der Waals surface area contributed by atoms with E-state index in [9.17, 15) is 4.39 Å². The molecule has 1 aromatic rings. The Morgan fingerprint density at radius 1 is 1.29 bits per heavy atom. The number of nitrogens with two attached hydrogens (primary N) is 1. The van der Waals surface area contributed by atoms with E-state index in [-0.39, 0.29) is 12.5 Å². The van der Waals surface area contributed by atoms with Crippen LogP contribution in [0.2, 0.25) is 0 Å². The number of nitrogens with zero attached hydrogens (tertiary/aromatic N) is 1. The van der Waals surface area contributed by atoms with Crippen LogP contribution in [0.15, 0.2) is 29.4 Å². The molecule has 0 amide bonds. The van der Waals surface area contributed by atoms with Gasteiger partial charge in [-0.2, -0.15) is 0 Å². The molecule has 17 heavy (non-hydrogen) atoms. The lowest BCUT2D eigenvalue weighted by atomic mass is 10.2. The molecule has 4 nitrogen and oxygen atoms in total. The van der Waals surface area contributed by atoms with Crippen LogP contribution in [0.1, 0.15) is 24.8 Å². The molecule has 0 aliphatic rings. The largest absolute Gasteiger partial charge is 0.493 e. The van der Waals surface area contributed by atoms with Gasteiger partial charge < -0.3 is 15.7 Å². The zero-order valence-electron chi connectivity index (χ0n) is 9.60. The van der Waals surface area contributed by atoms with Crippen molar-refractivity contribution in [2.75, 3.05) is 13.3 Å². The fourth-order valence-electron chi connectivity index (χ4n) is 1.41. The van der Waals surface area contributed by atoms with Crippen LogP contribution < -0.4 is 10.5 Å². The number of rotatable bonds is 7. The standard InChI is InChI=1S/C12H17FN2O2/c13-8-4-1-5-9-17-11-7-3-2-6-10(11)12(14)15-16/h2-3,6-7,16H,1,4-5,8-9H2,(H2,14,15). The number of benzene rings is 1. The molecule has 1 rings (SSSR count). The van der Waals surface area contributed by atoms with Crippen molar-refractivity contribution >= 4 is 5.84 Å². The van der Waals surface area contributed by atoms with Crippen molar-refractivity contribution in [2.24, 2.45) is 10.9 Å². The fourth-order valence-corrected chi connectivity index (χ4v) is 1.41. The molecule has 0 saturated heterocycles. The van der Waals surface area contributed by atoms with E-state index in [0.717, 1.165) is 12.8 Å². The molecule has 3 N–H and O–H groups in total. The average Bonchev–Trinajstić information content (AvgIpc) is 2.38. The second-order valence-corrected chi connectivity index (χ2v) is 3.58. The first-order chi connectivity index (χ1) is 8.29. The Balaban J connectivity index is 2.53. The molecule has 5 heteroatoms. The minimum absolute atomic E-state index is 0.0179. The summed E-state index contributed by atoms with van der Waals surface area (Å²) < 4.78 is 17.4. The van der Waals surface area contributed by atoms with Gasteiger partial charge in [0.2, 0.25) is 0 Å². The minimum Gasteiger partial charge on any atom is -0.493 e. The highest BCUT2D eigenvalue weighted by Crippen LogP contribution is 2.17. The Bertz CT molecular complexity index is 369. The van der Waals surface area contributed by atoms with Gasteiger partial charge in [0.1, 0.15) is 5.75 Å². The predicted octanol–water partition coefficient (Wildman–Crippen LogP) is 2.30. The summed E-state index contributed by atoms with van der Waals surface area (Å²) in [5, 5.41) is 11.6. The van der Waals surface area contributed by atoms with Gasteiger partial charge >= 0.3 is 0 Å². The molecule has 0 aliphatic carbocycles. The van der Waals surface area contributed by atoms with Crippen LogP contribution in [-0.2, 0) is 0 Å². The molecule has 0 fully saturated rings. The van der Waals surface area contributed by atoms with Crippen LogP contribution >= 0.6 is 0 Å². The van der Waals surface area contributed by atoms with E-state index in [0.29, 0.717) is 24.3 Å². The van der Waals surface area contributed by atoms with E-state index in [1.54, 1.807) is 18.2 Å². The number of unbranched alkanes of at least 4 members (excludes halogenated alkanes) is 2. The molecular formula is C12H17FN2O2. The van der Waals surface area contributed by atoms with Crippen LogP contribution in [0.4, 0.5) is 4.39 Å². The quantitative estimate of drug-likeness (QED) is 0.252. The maximum absolute atomic E-state index is 11.9. The smallest absolute Gasteiger partial charge is 0.173 e. The van der Waals surface area contributed by atoms with Gasteiger partial charge in [0.05, 0.1) is 18.8 Å². The summed E-state index contributed by atoms with van der Waals surface area (Å²) in [5.41, 5.74) is 6.07. The SMILES string of the molecule is N/C(=N/O)c1ccccc1OCCCCCF. The van der Waals surface area contributed by atoms with Gasteiger partial charge in [-0.3, -0.25) is 4.39 Å². The van der Waals surface area contributed by atoms with E-state index in [2.05, 4.69) is 5.16 Å². The van der Waals surface area contributed by atoms with Crippen molar-refractivity contribution in [3.8, 4) is 5.75 Å².